The van der Waals surface area contributed by atoms with E-state index in [-0.39, 0.29) is 17.1 Å². The van der Waals surface area contributed by atoms with Crippen LogP contribution in [0.1, 0.15) is 34.0 Å². The average Bonchev–Trinajstić information content (AvgIpc) is 2.84. The second-order valence-corrected chi connectivity index (χ2v) is 7.37. The first-order valence-electron chi connectivity index (χ1n) is 10.2. The van der Waals surface area contributed by atoms with E-state index >= 15 is 0 Å². The Morgan fingerprint density at radius 1 is 1.00 bits per heavy atom. The van der Waals surface area contributed by atoms with E-state index in [4.69, 9.17) is 0 Å². The lowest BCUT2D eigenvalue weighted by atomic mass is 10.1. The summed E-state index contributed by atoms with van der Waals surface area (Å²) in [6.45, 7) is 3.42. The molecule has 0 saturated carbocycles. The number of phenols is 1. The second kappa shape index (κ2) is 10.7. The van der Waals surface area contributed by atoms with Gasteiger partial charge in [-0.05, 0) is 66.9 Å². The maximum Gasteiger partial charge on any atom is 0.287 e. The normalized spacial score (nSPS) is 11.6. The lowest BCUT2D eigenvalue weighted by Gasteiger charge is -2.10. The molecule has 0 unspecified atom stereocenters. The minimum atomic E-state index is -0.717. The fraction of sp³-hybridized carbons (Fsp3) is 0.0800. The van der Waals surface area contributed by atoms with Crippen LogP contribution < -0.4 is 10.7 Å². The predicted octanol–water partition coefficient (Wildman–Crippen LogP) is 3.92. The number of carbonyl (C=O) groups is 2. The monoisotopic (exact) mass is 458 g/mol. The number of nitrogens with zero attached hydrogens (tertiary/aromatic N) is 2. The van der Waals surface area contributed by atoms with E-state index in [1.807, 2.05) is 0 Å². The lowest BCUT2D eigenvalue weighted by Crippen LogP contribution is -2.33. The minimum Gasteiger partial charge on any atom is -0.508 e. The Balaban J connectivity index is 1.89. The van der Waals surface area contributed by atoms with Crippen molar-refractivity contribution in [2.24, 2.45) is 5.10 Å². The Kier molecular flexibility index (Phi) is 7.50. The van der Waals surface area contributed by atoms with Crippen molar-refractivity contribution in [1.82, 2.24) is 10.7 Å². The number of phenolic OH excluding ortho intramolecular Hbond substituents is 1. The first-order valence-corrected chi connectivity index (χ1v) is 10.2. The highest BCUT2D eigenvalue weighted by Gasteiger charge is 2.15. The van der Waals surface area contributed by atoms with Gasteiger partial charge in [0.25, 0.3) is 17.5 Å². The fourth-order valence-corrected chi connectivity index (χ4v) is 2.98. The highest BCUT2D eigenvalue weighted by atomic mass is 16.6. The number of amides is 2. The molecule has 3 aromatic carbocycles. The van der Waals surface area contributed by atoms with Crippen LogP contribution in [0.3, 0.4) is 0 Å². The lowest BCUT2D eigenvalue weighted by molar-refractivity contribution is -0.384. The van der Waals surface area contributed by atoms with Crippen LogP contribution in [-0.4, -0.2) is 27.6 Å². The maximum atomic E-state index is 12.9. The van der Waals surface area contributed by atoms with Crippen LogP contribution in [-0.2, 0) is 4.79 Å². The zero-order valence-corrected chi connectivity index (χ0v) is 18.5. The molecule has 0 aliphatic rings. The van der Waals surface area contributed by atoms with E-state index < -0.39 is 16.7 Å². The molecule has 0 radical (unpaired) electrons. The summed E-state index contributed by atoms with van der Waals surface area (Å²) in [5.74, 6) is -1.10. The molecule has 0 atom stereocenters. The number of benzene rings is 3. The van der Waals surface area contributed by atoms with Gasteiger partial charge in [-0.25, -0.2) is 5.43 Å². The van der Waals surface area contributed by atoms with Gasteiger partial charge in [-0.2, -0.15) is 5.10 Å². The SMILES string of the molecule is C/C(=N\NC(=O)C(=Cc1cccc([N+](=O)[O-])c1)NC(=O)c1ccccc1)c1ccc(O)c(C)c1. The average molecular weight is 458 g/mol. The van der Waals surface area contributed by atoms with Crippen molar-refractivity contribution in [2.75, 3.05) is 0 Å². The van der Waals surface area contributed by atoms with Crippen molar-refractivity contribution < 1.29 is 19.6 Å². The molecule has 0 bridgehead atoms. The third kappa shape index (κ3) is 6.13. The summed E-state index contributed by atoms with van der Waals surface area (Å²) in [7, 11) is 0. The highest BCUT2D eigenvalue weighted by molar-refractivity contribution is 6.06. The molecule has 0 fully saturated rings. The smallest absolute Gasteiger partial charge is 0.287 e. The zero-order valence-electron chi connectivity index (χ0n) is 18.5. The quantitative estimate of drug-likeness (QED) is 0.214. The molecule has 3 N–H and O–H groups in total. The van der Waals surface area contributed by atoms with Crippen molar-refractivity contribution in [3.63, 3.8) is 0 Å². The van der Waals surface area contributed by atoms with Crippen LogP contribution in [0.15, 0.2) is 83.6 Å². The van der Waals surface area contributed by atoms with Gasteiger partial charge in [0.1, 0.15) is 11.4 Å². The second-order valence-electron chi connectivity index (χ2n) is 7.37. The molecule has 2 amide bonds. The van der Waals surface area contributed by atoms with Crippen molar-refractivity contribution in [3.05, 3.63) is 111 Å². The number of hydrogen-bond acceptors (Lipinski definition) is 6. The Hall–Kier alpha value is -4.79. The summed E-state index contributed by atoms with van der Waals surface area (Å²) in [6.07, 6.45) is 1.33. The number of non-ortho nitro benzene ring substituents is 1. The molecule has 0 spiro atoms. The van der Waals surface area contributed by atoms with E-state index in [2.05, 4.69) is 15.8 Å². The molecule has 0 aromatic heterocycles. The van der Waals surface area contributed by atoms with Gasteiger partial charge in [0.2, 0.25) is 0 Å². The predicted molar refractivity (Wildman–Crippen MR) is 128 cm³/mol. The first-order chi connectivity index (χ1) is 16.2. The molecule has 3 aromatic rings. The van der Waals surface area contributed by atoms with Crippen LogP contribution in [0.4, 0.5) is 5.69 Å². The Labute approximate surface area is 195 Å². The van der Waals surface area contributed by atoms with Gasteiger partial charge in [-0.1, -0.05) is 30.3 Å². The van der Waals surface area contributed by atoms with E-state index in [1.165, 1.54) is 30.3 Å². The largest absolute Gasteiger partial charge is 0.508 e. The molecule has 0 aliphatic carbocycles. The molecule has 172 valence electrons. The summed E-state index contributed by atoms with van der Waals surface area (Å²) in [5.41, 5.74) is 4.60. The molecule has 9 heteroatoms. The van der Waals surface area contributed by atoms with E-state index in [0.717, 1.165) is 0 Å². The number of carbonyl (C=O) groups excluding carboxylic acids is 2. The molecular formula is C25H22N4O5. The number of nitrogens with one attached hydrogen (secondary N) is 2. The van der Waals surface area contributed by atoms with E-state index in [0.29, 0.717) is 28.0 Å². The van der Waals surface area contributed by atoms with Crippen LogP contribution in [0, 0.1) is 17.0 Å². The number of hydrazone groups is 1. The molecule has 0 aliphatic heterocycles. The van der Waals surface area contributed by atoms with Crippen molar-refractivity contribution in [3.8, 4) is 5.75 Å². The van der Waals surface area contributed by atoms with Crippen molar-refractivity contribution in [1.29, 1.82) is 0 Å². The fourth-order valence-electron chi connectivity index (χ4n) is 2.98. The molecule has 3 rings (SSSR count). The third-order valence-corrected chi connectivity index (χ3v) is 4.86. The Morgan fingerprint density at radius 2 is 1.74 bits per heavy atom. The van der Waals surface area contributed by atoms with Gasteiger partial charge in [-0.15, -0.1) is 0 Å². The van der Waals surface area contributed by atoms with Crippen LogP contribution >= 0.6 is 0 Å². The number of aryl methyl sites for hydroxylation is 1. The van der Waals surface area contributed by atoms with Crippen LogP contribution in [0.25, 0.3) is 6.08 Å². The van der Waals surface area contributed by atoms with E-state index in [9.17, 15) is 24.8 Å². The zero-order chi connectivity index (χ0) is 24.7. The molecule has 9 nitrogen and oxygen atoms in total. The van der Waals surface area contributed by atoms with Gasteiger partial charge in [0.15, 0.2) is 0 Å². The van der Waals surface area contributed by atoms with Gasteiger partial charge < -0.3 is 10.4 Å². The summed E-state index contributed by atoms with van der Waals surface area (Å²) in [6, 6.07) is 18.9. The number of nitro groups is 1. The Morgan fingerprint density at radius 3 is 2.41 bits per heavy atom. The summed E-state index contributed by atoms with van der Waals surface area (Å²) in [4.78, 5) is 36.1. The number of aromatic hydroxyl groups is 1. The maximum absolute atomic E-state index is 12.9. The van der Waals surface area contributed by atoms with Crippen LogP contribution in [0.5, 0.6) is 5.75 Å². The summed E-state index contributed by atoms with van der Waals surface area (Å²) >= 11 is 0. The summed E-state index contributed by atoms with van der Waals surface area (Å²) in [5, 5.41) is 27.4. The van der Waals surface area contributed by atoms with Crippen molar-refractivity contribution in [2.45, 2.75) is 13.8 Å². The van der Waals surface area contributed by atoms with Crippen LogP contribution in [0.2, 0.25) is 0 Å². The van der Waals surface area contributed by atoms with Gasteiger partial charge in [0, 0.05) is 17.7 Å². The topological polar surface area (TPSA) is 134 Å². The third-order valence-electron chi connectivity index (χ3n) is 4.86. The molecule has 0 saturated heterocycles. The Bertz CT molecular complexity index is 1300. The molecule has 34 heavy (non-hydrogen) atoms. The van der Waals surface area contributed by atoms with Gasteiger partial charge >= 0.3 is 0 Å². The summed E-state index contributed by atoms with van der Waals surface area (Å²) < 4.78 is 0. The highest BCUT2D eigenvalue weighted by Crippen LogP contribution is 2.18. The first kappa shape index (κ1) is 23.9. The standard InChI is InChI=1S/C25H22N4O5/c1-16-13-20(11-12-23(16)30)17(2)27-28-25(32)22(26-24(31)19-8-4-3-5-9-19)15-18-7-6-10-21(14-18)29(33)34/h3-15,30H,1-2H3,(H,26,31)(H,28,32)/b22-15?,27-17+. The number of nitro benzene ring substituents is 1. The van der Waals surface area contributed by atoms with E-state index in [1.54, 1.807) is 62.4 Å². The van der Waals surface area contributed by atoms with Crippen molar-refractivity contribution >= 4 is 29.3 Å². The molecular weight excluding hydrogens is 436 g/mol. The van der Waals surface area contributed by atoms with Gasteiger partial charge in [-0.3, -0.25) is 19.7 Å². The minimum absolute atomic E-state index is 0.145. The van der Waals surface area contributed by atoms with Gasteiger partial charge in [0.05, 0.1) is 10.6 Å². The number of hydrogen-bond donors (Lipinski definition) is 3. The number of rotatable bonds is 7. The molecule has 0 heterocycles.